The molecule has 6 heteroatoms. The van der Waals surface area contributed by atoms with Crippen LogP contribution in [0.4, 0.5) is 0 Å². The van der Waals surface area contributed by atoms with Crippen LogP contribution in [0.2, 0.25) is 5.02 Å². The Balaban J connectivity index is 1.67. The second-order valence-corrected chi connectivity index (χ2v) is 6.92. The summed E-state index contributed by atoms with van der Waals surface area (Å²) in [6, 6.07) is 4.87. The highest BCUT2D eigenvalue weighted by Gasteiger charge is 2.23. The first-order chi connectivity index (χ1) is 11.5. The first-order valence-corrected chi connectivity index (χ1v) is 8.83. The molecule has 1 aliphatic rings. The first kappa shape index (κ1) is 17.0. The van der Waals surface area contributed by atoms with E-state index in [1.807, 2.05) is 13.8 Å². The van der Waals surface area contributed by atoms with Gasteiger partial charge in [-0.2, -0.15) is 4.98 Å². The van der Waals surface area contributed by atoms with E-state index in [1.165, 1.54) is 19.3 Å². The van der Waals surface area contributed by atoms with Gasteiger partial charge in [-0.1, -0.05) is 36.0 Å². The summed E-state index contributed by atoms with van der Waals surface area (Å²) in [6.45, 7) is 3.71. The van der Waals surface area contributed by atoms with Gasteiger partial charge >= 0.3 is 0 Å². The lowest BCUT2D eigenvalue weighted by molar-refractivity contribution is 0.0932. The van der Waals surface area contributed by atoms with Crippen LogP contribution in [-0.2, 0) is 0 Å². The van der Waals surface area contributed by atoms with Crippen LogP contribution in [0.25, 0.3) is 0 Å². The van der Waals surface area contributed by atoms with Crippen molar-refractivity contribution >= 4 is 17.5 Å². The largest absolute Gasteiger partial charge is 0.341 e. The molecular formula is C18H22ClN3O2. The fraction of sp³-hybridized carbons (Fsp3) is 0.500. The van der Waals surface area contributed by atoms with Gasteiger partial charge in [-0.3, -0.25) is 4.79 Å². The van der Waals surface area contributed by atoms with Crippen molar-refractivity contribution in [3.63, 3.8) is 0 Å². The maximum absolute atomic E-state index is 12.4. The number of nitrogens with zero attached hydrogens (tertiary/aromatic N) is 2. The van der Waals surface area contributed by atoms with E-state index in [0.29, 0.717) is 22.4 Å². The van der Waals surface area contributed by atoms with Crippen LogP contribution in [0.5, 0.6) is 0 Å². The molecule has 0 aliphatic heterocycles. The number of hydrogen-bond acceptors (Lipinski definition) is 4. The van der Waals surface area contributed by atoms with Gasteiger partial charge in [0.1, 0.15) is 6.04 Å². The number of nitrogens with one attached hydrogen (secondary N) is 1. The summed E-state index contributed by atoms with van der Waals surface area (Å²) in [5.41, 5.74) is 1.43. The summed E-state index contributed by atoms with van der Waals surface area (Å²) in [5.74, 6) is 1.44. The van der Waals surface area contributed by atoms with E-state index in [4.69, 9.17) is 16.1 Å². The third-order valence-corrected chi connectivity index (χ3v) is 4.81. The predicted molar refractivity (Wildman–Crippen MR) is 92.2 cm³/mol. The molecule has 3 rings (SSSR count). The highest BCUT2D eigenvalue weighted by Crippen LogP contribution is 2.31. The molecule has 1 unspecified atom stereocenters. The minimum Gasteiger partial charge on any atom is -0.341 e. The molecule has 0 spiro atoms. The van der Waals surface area contributed by atoms with Crippen LogP contribution in [0.1, 0.15) is 78.6 Å². The molecule has 2 aromatic rings. The Morgan fingerprint density at radius 2 is 2.08 bits per heavy atom. The van der Waals surface area contributed by atoms with Crippen LogP contribution in [-0.4, -0.2) is 16.0 Å². The maximum Gasteiger partial charge on any atom is 0.252 e. The fourth-order valence-corrected chi connectivity index (χ4v) is 3.39. The molecule has 0 bridgehead atoms. The van der Waals surface area contributed by atoms with Gasteiger partial charge in [-0.05, 0) is 50.5 Å². The van der Waals surface area contributed by atoms with E-state index >= 15 is 0 Å². The van der Waals surface area contributed by atoms with Crippen molar-refractivity contribution in [1.29, 1.82) is 0 Å². The van der Waals surface area contributed by atoms with Crippen LogP contribution in [0.3, 0.4) is 0 Å². The molecule has 0 saturated heterocycles. The molecular weight excluding hydrogens is 326 g/mol. The number of rotatable bonds is 4. The average molecular weight is 348 g/mol. The van der Waals surface area contributed by atoms with Crippen molar-refractivity contribution in [1.82, 2.24) is 15.5 Å². The van der Waals surface area contributed by atoms with Crippen LogP contribution < -0.4 is 5.32 Å². The van der Waals surface area contributed by atoms with Crippen LogP contribution >= 0.6 is 11.6 Å². The topological polar surface area (TPSA) is 68.0 Å². The Hall–Kier alpha value is -1.88. The number of amides is 1. The highest BCUT2D eigenvalue weighted by atomic mass is 35.5. The summed E-state index contributed by atoms with van der Waals surface area (Å²) in [7, 11) is 0. The molecule has 1 atom stereocenters. The van der Waals surface area contributed by atoms with E-state index in [9.17, 15) is 4.79 Å². The van der Waals surface area contributed by atoms with Crippen LogP contribution in [0, 0.1) is 6.92 Å². The lowest BCUT2D eigenvalue weighted by Crippen LogP contribution is -2.27. The van der Waals surface area contributed by atoms with Gasteiger partial charge in [-0.25, -0.2) is 0 Å². The molecule has 1 heterocycles. The Labute approximate surface area is 146 Å². The van der Waals surface area contributed by atoms with E-state index in [2.05, 4.69) is 15.5 Å². The SMILES string of the molecule is Cc1cc(Cl)ccc1C(=O)NC(C)c1nc(C2CCCCC2)no1. The first-order valence-electron chi connectivity index (χ1n) is 8.45. The maximum atomic E-state index is 12.4. The lowest BCUT2D eigenvalue weighted by Gasteiger charge is -2.17. The Morgan fingerprint density at radius 3 is 2.79 bits per heavy atom. The lowest BCUT2D eigenvalue weighted by atomic mass is 9.89. The summed E-state index contributed by atoms with van der Waals surface area (Å²) >= 11 is 5.93. The molecule has 24 heavy (non-hydrogen) atoms. The molecule has 1 aromatic carbocycles. The Kier molecular flexibility index (Phi) is 5.19. The zero-order valence-corrected chi connectivity index (χ0v) is 14.8. The zero-order chi connectivity index (χ0) is 17.1. The quantitative estimate of drug-likeness (QED) is 0.879. The minimum atomic E-state index is -0.336. The molecule has 0 radical (unpaired) electrons. The van der Waals surface area contributed by atoms with Gasteiger partial charge in [-0.15, -0.1) is 0 Å². The van der Waals surface area contributed by atoms with Crippen molar-refractivity contribution in [2.75, 3.05) is 0 Å². The molecule has 128 valence electrons. The summed E-state index contributed by atoms with van der Waals surface area (Å²) < 4.78 is 5.37. The van der Waals surface area contributed by atoms with Crippen molar-refractivity contribution in [3.05, 3.63) is 46.1 Å². The van der Waals surface area contributed by atoms with Gasteiger partial charge in [0.15, 0.2) is 5.82 Å². The van der Waals surface area contributed by atoms with E-state index in [1.54, 1.807) is 18.2 Å². The molecule has 1 aliphatic carbocycles. The molecule has 1 amide bonds. The second-order valence-electron chi connectivity index (χ2n) is 6.48. The molecule has 5 nitrogen and oxygen atoms in total. The predicted octanol–water partition coefficient (Wildman–Crippen LogP) is 4.57. The minimum absolute atomic E-state index is 0.172. The molecule has 1 aromatic heterocycles. The number of aryl methyl sites for hydroxylation is 1. The van der Waals surface area contributed by atoms with Gasteiger partial charge in [0.25, 0.3) is 5.91 Å². The second kappa shape index (κ2) is 7.34. The van der Waals surface area contributed by atoms with Crippen molar-refractivity contribution in [3.8, 4) is 0 Å². The Morgan fingerprint density at radius 1 is 1.33 bits per heavy atom. The summed E-state index contributed by atoms with van der Waals surface area (Å²) in [5, 5.41) is 7.64. The summed E-state index contributed by atoms with van der Waals surface area (Å²) in [4.78, 5) is 16.9. The number of carbonyl (C=O) groups excluding carboxylic acids is 1. The van der Waals surface area contributed by atoms with Gasteiger partial charge in [0, 0.05) is 16.5 Å². The Bertz CT molecular complexity index is 723. The van der Waals surface area contributed by atoms with Crippen LogP contribution in [0.15, 0.2) is 22.7 Å². The monoisotopic (exact) mass is 347 g/mol. The van der Waals surface area contributed by atoms with Crippen molar-refractivity contribution < 1.29 is 9.32 Å². The standard InChI is InChI=1S/C18H22ClN3O2/c1-11-10-14(19)8-9-15(11)17(23)20-12(2)18-21-16(22-24-18)13-6-4-3-5-7-13/h8-10,12-13H,3-7H2,1-2H3,(H,20,23). The van der Waals surface area contributed by atoms with E-state index in [-0.39, 0.29) is 11.9 Å². The normalized spacial score (nSPS) is 16.8. The number of hydrogen-bond donors (Lipinski definition) is 1. The smallest absolute Gasteiger partial charge is 0.252 e. The molecule has 1 N–H and O–H groups in total. The third-order valence-electron chi connectivity index (χ3n) is 4.58. The average Bonchev–Trinajstić information content (AvgIpc) is 3.05. The third kappa shape index (κ3) is 3.78. The molecule has 1 saturated carbocycles. The summed E-state index contributed by atoms with van der Waals surface area (Å²) in [6.07, 6.45) is 5.95. The van der Waals surface area contributed by atoms with Gasteiger partial charge in [0.2, 0.25) is 5.89 Å². The van der Waals surface area contributed by atoms with Crippen molar-refractivity contribution in [2.45, 2.75) is 57.9 Å². The van der Waals surface area contributed by atoms with Gasteiger partial charge < -0.3 is 9.84 Å². The van der Waals surface area contributed by atoms with Gasteiger partial charge in [0.05, 0.1) is 0 Å². The van der Waals surface area contributed by atoms with Crippen molar-refractivity contribution in [2.24, 2.45) is 0 Å². The number of carbonyl (C=O) groups is 1. The number of benzene rings is 1. The van der Waals surface area contributed by atoms with E-state index < -0.39 is 0 Å². The highest BCUT2D eigenvalue weighted by molar-refractivity contribution is 6.30. The molecule has 1 fully saturated rings. The number of halogens is 1. The number of aromatic nitrogens is 2. The van der Waals surface area contributed by atoms with E-state index in [0.717, 1.165) is 24.2 Å². The zero-order valence-electron chi connectivity index (χ0n) is 14.0. The fourth-order valence-electron chi connectivity index (χ4n) is 3.17.